The molecule has 1 rings (SSSR count). The van der Waals surface area contributed by atoms with Gasteiger partial charge in [0, 0.05) is 7.11 Å². The fourth-order valence-electron chi connectivity index (χ4n) is 1.05. The SMILES string of the molecule is COCc1ccc(C(O)C(O)CCl)o1. The van der Waals surface area contributed by atoms with Crippen molar-refractivity contribution in [2.24, 2.45) is 0 Å². The Morgan fingerprint density at radius 3 is 2.79 bits per heavy atom. The van der Waals surface area contributed by atoms with Crippen LogP contribution in [0, 0.1) is 0 Å². The van der Waals surface area contributed by atoms with E-state index in [0.29, 0.717) is 18.1 Å². The highest BCUT2D eigenvalue weighted by Crippen LogP contribution is 2.20. The minimum Gasteiger partial charge on any atom is -0.461 e. The van der Waals surface area contributed by atoms with Crippen molar-refractivity contribution in [2.75, 3.05) is 13.0 Å². The smallest absolute Gasteiger partial charge is 0.139 e. The second-order valence-corrected chi connectivity index (χ2v) is 3.21. The van der Waals surface area contributed by atoms with Crippen molar-refractivity contribution < 1.29 is 19.4 Å². The van der Waals surface area contributed by atoms with Crippen molar-refractivity contribution in [3.8, 4) is 0 Å². The highest BCUT2D eigenvalue weighted by Gasteiger charge is 2.20. The van der Waals surface area contributed by atoms with Gasteiger partial charge in [-0.3, -0.25) is 0 Å². The van der Waals surface area contributed by atoms with E-state index in [1.807, 2.05) is 0 Å². The number of alkyl halides is 1. The molecule has 2 unspecified atom stereocenters. The molecule has 1 heterocycles. The molecule has 2 atom stereocenters. The Balaban J connectivity index is 2.65. The van der Waals surface area contributed by atoms with Crippen molar-refractivity contribution >= 4 is 11.6 Å². The molecule has 0 aliphatic carbocycles. The molecule has 80 valence electrons. The fourth-order valence-corrected chi connectivity index (χ4v) is 1.22. The summed E-state index contributed by atoms with van der Waals surface area (Å²) in [6.45, 7) is 0.337. The van der Waals surface area contributed by atoms with Crippen LogP contribution in [0.4, 0.5) is 0 Å². The van der Waals surface area contributed by atoms with E-state index in [-0.39, 0.29) is 5.88 Å². The van der Waals surface area contributed by atoms with Gasteiger partial charge in [0.25, 0.3) is 0 Å². The number of hydrogen-bond acceptors (Lipinski definition) is 4. The summed E-state index contributed by atoms with van der Waals surface area (Å²) in [5, 5.41) is 18.7. The summed E-state index contributed by atoms with van der Waals surface area (Å²) in [7, 11) is 1.55. The lowest BCUT2D eigenvalue weighted by atomic mass is 10.2. The van der Waals surface area contributed by atoms with Crippen molar-refractivity contribution in [2.45, 2.75) is 18.8 Å². The number of furan rings is 1. The first kappa shape index (κ1) is 11.5. The Hall–Kier alpha value is -0.550. The molecule has 2 N–H and O–H groups in total. The molecule has 1 aromatic heterocycles. The van der Waals surface area contributed by atoms with E-state index >= 15 is 0 Å². The second-order valence-electron chi connectivity index (χ2n) is 2.90. The van der Waals surface area contributed by atoms with Crippen LogP contribution in [0.2, 0.25) is 0 Å². The summed E-state index contributed by atoms with van der Waals surface area (Å²) in [5.74, 6) is 0.857. The van der Waals surface area contributed by atoms with Gasteiger partial charge in [0.1, 0.15) is 30.3 Å². The Kier molecular flexibility index (Phi) is 4.41. The normalized spacial score (nSPS) is 15.4. The summed E-state index contributed by atoms with van der Waals surface area (Å²) in [6.07, 6.45) is -2.10. The lowest BCUT2D eigenvalue weighted by molar-refractivity contribution is 0.0170. The average molecular weight is 221 g/mol. The van der Waals surface area contributed by atoms with Crippen LogP contribution in [0.15, 0.2) is 16.5 Å². The van der Waals surface area contributed by atoms with E-state index < -0.39 is 12.2 Å². The molecule has 0 aromatic carbocycles. The zero-order valence-corrected chi connectivity index (χ0v) is 8.57. The Bertz CT molecular complexity index is 274. The third-order valence-electron chi connectivity index (χ3n) is 1.78. The van der Waals surface area contributed by atoms with Crippen LogP contribution in [0.1, 0.15) is 17.6 Å². The van der Waals surface area contributed by atoms with Crippen molar-refractivity contribution in [3.63, 3.8) is 0 Å². The van der Waals surface area contributed by atoms with Gasteiger partial charge in [-0.1, -0.05) is 0 Å². The second kappa shape index (κ2) is 5.36. The summed E-state index contributed by atoms with van der Waals surface area (Å²) in [5.41, 5.74) is 0. The molecule has 0 radical (unpaired) electrons. The number of aliphatic hydroxyl groups excluding tert-OH is 2. The minimum atomic E-state index is -1.09. The number of aliphatic hydroxyl groups is 2. The summed E-state index contributed by atoms with van der Waals surface area (Å²) < 4.78 is 10.1. The van der Waals surface area contributed by atoms with E-state index in [4.69, 9.17) is 20.8 Å². The number of ether oxygens (including phenoxy) is 1. The van der Waals surface area contributed by atoms with Gasteiger partial charge in [-0.25, -0.2) is 0 Å². The van der Waals surface area contributed by atoms with Gasteiger partial charge < -0.3 is 19.4 Å². The van der Waals surface area contributed by atoms with Crippen LogP contribution in [-0.2, 0) is 11.3 Å². The van der Waals surface area contributed by atoms with Crippen LogP contribution in [0.25, 0.3) is 0 Å². The standard InChI is InChI=1S/C9H13ClO4/c1-13-5-6-2-3-8(14-6)9(12)7(11)4-10/h2-3,7,9,11-12H,4-5H2,1H3. The molecule has 0 spiro atoms. The first-order chi connectivity index (χ1) is 6.69. The Labute approximate surface area is 87.1 Å². The van der Waals surface area contributed by atoms with Gasteiger partial charge in [0.2, 0.25) is 0 Å². The average Bonchev–Trinajstić information content (AvgIpc) is 2.64. The molecule has 0 fully saturated rings. The molecule has 0 saturated carbocycles. The molecule has 0 aliphatic heterocycles. The highest BCUT2D eigenvalue weighted by atomic mass is 35.5. The molecular weight excluding hydrogens is 208 g/mol. The zero-order chi connectivity index (χ0) is 10.6. The van der Waals surface area contributed by atoms with Gasteiger partial charge >= 0.3 is 0 Å². The largest absolute Gasteiger partial charge is 0.461 e. The molecule has 1 aromatic rings. The summed E-state index contributed by atoms with van der Waals surface area (Å²) in [4.78, 5) is 0. The van der Waals surface area contributed by atoms with Crippen molar-refractivity contribution in [3.05, 3.63) is 23.7 Å². The van der Waals surface area contributed by atoms with Gasteiger partial charge in [0.15, 0.2) is 0 Å². The predicted molar refractivity (Wildman–Crippen MR) is 51.1 cm³/mol. The van der Waals surface area contributed by atoms with E-state index in [1.165, 1.54) is 0 Å². The number of methoxy groups -OCH3 is 1. The van der Waals surface area contributed by atoms with Gasteiger partial charge in [-0.05, 0) is 12.1 Å². The Morgan fingerprint density at radius 2 is 2.21 bits per heavy atom. The van der Waals surface area contributed by atoms with E-state index in [1.54, 1.807) is 19.2 Å². The topological polar surface area (TPSA) is 62.8 Å². The molecule has 0 amide bonds. The summed E-state index contributed by atoms with van der Waals surface area (Å²) in [6, 6.07) is 3.28. The van der Waals surface area contributed by atoms with E-state index in [2.05, 4.69) is 0 Å². The first-order valence-corrected chi connectivity index (χ1v) is 4.72. The minimum absolute atomic E-state index is 0.0402. The number of halogens is 1. The van der Waals surface area contributed by atoms with Crippen LogP contribution < -0.4 is 0 Å². The van der Waals surface area contributed by atoms with Gasteiger partial charge in [-0.2, -0.15) is 0 Å². The molecule has 14 heavy (non-hydrogen) atoms. The molecular formula is C9H13ClO4. The van der Waals surface area contributed by atoms with E-state index in [9.17, 15) is 10.2 Å². The van der Waals surface area contributed by atoms with Crippen LogP contribution in [0.5, 0.6) is 0 Å². The zero-order valence-electron chi connectivity index (χ0n) is 7.81. The lowest BCUT2D eigenvalue weighted by Crippen LogP contribution is -2.19. The van der Waals surface area contributed by atoms with Gasteiger partial charge in [-0.15, -0.1) is 11.6 Å². The third kappa shape index (κ3) is 2.72. The maximum atomic E-state index is 9.50. The molecule has 0 saturated heterocycles. The molecule has 0 bridgehead atoms. The first-order valence-electron chi connectivity index (χ1n) is 4.18. The quantitative estimate of drug-likeness (QED) is 0.729. The van der Waals surface area contributed by atoms with Gasteiger partial charge in [0.05, 0.1) is 5.88 Å². The van der Waals surface area contributed by atoms with Crippen molar-refractivity contribution in [1.82, 2.24) is 0 Å². The molecule has 4 nitrogen and oxygen atoms in total. The fraction of sp³-hybridized carbons (Fsp3) is 0.556. The van der Waals surface area contributed by atoms with Crippen LogP contribution in [0.3, 0.4) is 0 Å². The number of rotatable bonds is 5. The van der Waals surface area contributed by atoms with Crippen LogP contribution in [-0.4, -0.2) is 29.3 Å². The molecule has 5 heteroatoms. The maximum absolute atomic E-state index is 9.50. The van der Waals surface area contributed by atoms with E-state index in [0.717, 1.165) is 0 Å². The maximum Gasteiger partial charge on any atom is 0.139 e. The number of hydrogen-bond donors (Lipinski definition) is 2. The van der Waals surface area contributed by atoms with Crippen LogP contribution >= 0.6 is 11.6 Å². The Morgan fingerprint density at radius 1 is 1.50 bits per heavy atom. The predicted octanol–water partition coefficient (Wildman–Crippen LogP) is 1.06. The monoisotopic (exact) mass is 220 g/mol. The lowest BCUT2D eigenvalue weighted by Gasteiger charge is -2.12. The highest BCUT2D eigenvalue weighted by molar-refractivity contribution is 6.18. The van der Waals surface area contributed by atoms with Crippen molar-refractivity contribution in [1.29, 1.82) is 0 Å². The summed E-state index contributed by atoms with van der Waals surface area (Å²) >= 11 is 5.39. The molecule has 0 aliphatic rings. The third-order valence-corrected chi connectivity index (χ3v) is 2.10.